The molecule has 32 heavy (non-hydrogen) atoms. The van der Waals surface area contributed by atoms with Gasteiger partial charge in [-0.15, -0.1) is 0 Å². The van der Waals surface area contributed by atoms with Gasteiger partial charge in [0.2, 0.25) is 0 Å². The molecule has 1 saturated heterocycles. The quantitative estimate of drug-likeness (QED) is 0.311. The van der Waals surface area contributed by atoms with Crippen LogP contribution >= 0.6 is 0 Å². The number of nitrogens with zero attached hydrogens (tertiary/aromatic N) is 1. The summed E-state index contributed by atoms with van der Waals surface area (Å²) in [6, 6.07) is 16.8. The molecule has 1 fully saturated rings. The first kappa shape index (κ1) is 24.1. The lowest BCUT2D eigenvalue weighted by Crippen LogP contribution is -2.40. The van der Waals surface area contributed by atoms with Gasteiger partial charge in [-0.25, -0.2) is 4.99 Å². The summed E-state index contributed by atoms with van der Waals surface area (Å²) in [6.07, 6.45) is 2.04. The molecular formula is C26H37N3O3. The van der Waals surface area contributed by atoms with Crippen molar-refractivity contribution in [3.8, 4) is 5.75 Å². The molecule has 0 bridgehead atoms. The zero-order valence-corrected chi connectivity index (χ0v) is 19.6. The van der Waals surface area contributed by atoms with Crippen molar-refractivity contribution in [1.82, 2.24) is 10.6 Å². The summed E-state index contributed by atoms with van der Waals surface area (Å²) in [4.78, 5) is 4.83. The van der Waals surface area contributed by atoms with Crippen molar-refractivity contribution in [1.29, 1.82) is 0 Å². The predicted octanol–water partition coefficient (Wildman–Crippen LogP) is 4.24. The highest BCUT2D eigenvalue weighted by molar-refractivity contribution is 5.79. The molecule has 174 valence electrons. The summed E-state index contributed by atoms with van der Waals surface area (Å²) in [6.45, 7) is 8.47. The van der Waals surface area contributed by atoms with Crippen molar-refractivity contribution in [2.75, 3.05) is 40.0 Å². The summed E-state index contributed by atoms with van der Waals surface area (Å²) in [5.41, 5.74) is 3.50. The summed E-state index contributed by atoms with van der Waals surface area (Å²) < 4.78 is 17.2. The lowest BCUT2D eigenvalue weighted by molar-refractivity contribution is 0.0915. The number of guanidine groups is 1. The van der Waals surface area contributed by atoms with Crippen LogP contribution in [-0.2, 0) is 16.0 Å². The van der Waals surface area contributed by atoms with Crippen LogP contribution in [0, 0.1) is 12.8 Å². The Labute approximate surface area is 192 Å². The van der Waals surface area contributed by atoms with Crippen molar-refractivity contribution in [3.63, 3.8) is 0 Å². The second kappa shape index (κ2) is 13.1. The van der Waals surface area contributed by atoms with Crippen LogP contribution in [0.3, 0.4) is 0 Å². The Balaban J connectivity index is 1.61. The number of hydrogen-bond donors (Lipinski definition) is 2. The number of nitrogens with one attached hydrogen (secondary N) is 2. The smallest absolute Gasteiger partial charge is 0.191 e. The molecule has 6 heteroatoms. The fourth-order valence-corrected chi connectivity index (χ4v) is 3.90. The average Bonchev–Trinajstić information content (AvgIpc) is 3.29. The number of aryl methyl sites for hydroxylation is 1. The molecule has 0 amide bonds. The van der Waals surface area contributed by atoms with Crippen molar-refractivity contribution < 1.29 is 14.2 Å². The van der Waals surface area contributed by atoms with E-state index in [0.29, 0.717) is 25.7 Å². The van der Waals surface area contributed by atoms with E-state index < -0.39 is 0 Å². The van der Waals surface area contributed by atoms with Gasteiger partial charge in [-0.1, -0.05) is 42.5 Å². The minimum absolute atomic E-state index is 0.135. The Kier molecular flexibility index (Phi) is 9.85. The van der Waals surface area contributed by atoms with E-state index in [9.17, 15) is 0 Å². The lowest BCUT2D eigenvalue weighted by atomic mass is 9.95. The van der Waals surface area contributed by atoms with Crippen LogP contribution < -0.4 is 15.4 Å². The molecule has 2 N–H and O–H groups in total. The normalized spacial score (nSPS) is 18.5. The number of benzene rings is 2. The third kappa shape index (κ3) is 7.24. The maximum absolute atomic E-state index is 6.03. The number of methoxy groups -OCH3 is 1. The highest BCUT2D eigenvalue weighted by Gasteiger charge is 2.29. The van der Waals surface area contributed by atoms with Gasteiger partial charge < -0.3 is 24.8 Å². The Bertz CT molecular complexity index is 841. The third-order valence-electron chi connectivity index (χ3n) is 5.60. The van der Waals surface area contributed by atoms with Gasteiger partial charge in [0, 0.05) is 51.3 Å². The van der Waals surface area contributed by atoms with Gasteiger partial charge in [0.05, 0.1) is 19.3 Å². The molecule has 0 aliphatic carbocycles. The molecule has 1 aliphatic rings. The highest BCUT2D eigenvalue weighted by atomic mass is 16.5. The fourth-order valence-electron chi connectivity index (χ4n) is 3.90. The zero-order chi connectivity index (χ0) is 22.6. The summed E-state index contributed by atoms with van der Waals surface area (Å²) >= 11 is 0. The second-order valence-electron chi connectivity index (χ2n) is 8.13. The van der Waals surface area contributed by atoms with Crippen LogP contribution in [0.5, 0.6) is 5.75 Å². The number of hydrogen-bond acceptors (Lipinski definition) is 4. The Hall–Kier alpha value is -2.57. The third-order valence-corrected chi connectivity index (χ3v) is 5.60. The predicted molar refractivity (Wildman–Crippen MR) is 129 cm³/mol. The SMILES string of the molecule is CCNC(=NCc1ccc(C)cc1OCCCOC)NCC1CCOC1c1ccccc1. The van der Waals surface area contributed by atoms with Crippen LogP contribution in [-0.4, -0.2) is 46.0 Å². The maximum atomic E-state index is 6.03. The van der Waals surface area contributed by atoms with E-state index in [2.05, 4.69) is 66.9 Å². The highest BCUT2D eigenvalue weighted by Crippen LogP contribution is 2.33. The van der Waals surface area contributed by atoms with Crippen LogP contribution in [0.1, 0.15) is 42.6 Å². The van der Waals surface area contributed by atoms with Crippen LogP contribution in [0.15, 0.2) is 53.5 Å². The van der Waals surface area contributed by atoms with E-state index in [1.54, 1.807) is 7.11 Å². The van der Waals surface area contributed by atoms with E-state index in [0.717, 1.165) is 49.8 Å². The molecule has 2 aromatic carbocycles. The molecule has 0 spiro atoms. The van der Waals surface area contributed by atoms with Crippen molar-refractivity contribution in [2.45, 2.75) is 39.3 Å². The molecule has 2 unspecified atom stereocenters. The first-order valence-electron chi connectivity index (χ1n) is 11.6. The second-order valence-corrected chi connectivity index (χ2v) is 8.13. The van der Waals surface area contributed by atoms with Gasteiger partial charge in [0.15, 0.2) is 5.96 Å². The first-order chi connectivity index (χ1) is 15.7. The summed E-state index contributed by atoms with van der Waals surface area (Å²) in [5.74, 6) is 2.13. The van der Waals surface area contributed by atoms with Gasteiger partial charge in [-0.2, -0.15) is 0 Å². The Morgan fingerprint density at radius 2 is 1.97 bits per heavy atom. The van der Waals surface area contributed by atoms with Crippen molar-refractivity contribution in [2.24, 2.45) is 10.9 Å². The minimum atomic E-state index is 0.135. The van der Waals surface area contributed by atoms with Crippen LogP contribution in [0.2, 0.25) is 0 Å². The largest absolute Gasteiger partial charge is 0.493 e. The van der Waals surface area contributed by atoms with Crippen LogP contribution in [0.25, 0.3) is 0 Å². The van der Waals surface area contributed by atoms with Gasteiger partial charge in [-0.05, 0) is 37.5 Å². The van der Waals surface area contributed by atoms with Gasteiger partial charge in [0.1, 0.15) is 5.75 Å². The summed E-state index contributed by atoms with van der Waals surface area (Å²) in [7, 11) is 1.71. The van der Waals surface area contributed by atoms with Gasteiger partial charge in [-0.3, -0.25) is 0 Å². The molecule has 3 rings (SSSR count). The van der Waals surface area contributed by atoms with E-state index >= 15 is 0 Å². The monoisotopic (exact) mass is 439 g/mol. The molecule has 0 aromatic heterocycles. The van der Waals surface area contributed by atoms with E-state index in [1.165, 1.54) is 11.1 Å². The average molecular weight is 440 g/mol. The molecule has 6 nitrogen and oxygen atoms in total. The zero-order valence-electron chi connectivity index (χ0n) is 19.6. The molecule has 1 heterocycles. The topological polar surface area (TPSA) is 64.1 Å². The van der Waals surface area contributed by atoms with E-state index in [1.807, 2.05) is 6.07 Å². The lowest BCUT2D eigenvalue weighted by Gasteiger charge is -2.21. The van der Waals surface area contributed by atoms with Crippen molar-refractivity contribution >= 4 is 5.96 Å². The van der Waals surface area contributed by atoms with Gasteiger partial charge in [0.25, 0.3) is 0 Å². The Morgan fingerprint density at radius 1 is 1.12 bits per heavy atom. The molecule has 2 aromatic rings. The number of rotatable bonds is 11. The first-order valence-corrected chi connectivity index (χ1v) is 11.6. The van der Waals surface area contributed by atoms with Crippen LogP contribution in [0.4, 0.5) is 0 Å². The Morgan fingerprint density at radius 3 is 2.75 bits per heavy atom. The summed E-state index contributed by atoms with van der Waals surface area (Å²) in [5, 5.41) is 6.89. The van der Waals surface area contributed by atoms with E-state index in [-0.39, 0.29) is 6.10 Å². The van der Waals surface area contributed by atoms with Crippen molar-refractivity contribution in [3.05, 3.63) is 65.2 Å². The number of ether oxygens (including phenoxy) is 3. The molecular weight excluding hydrogens is 402 g/mol. The molecule has 0 saturated carbocycles. The minimum Gasteiger partial charge on any atom is -0.493 e. The van der Waals surface area contributed by atoms with Gasteiger partial charge >= 0.3 is 0 Å². The fraction of sp³-hybridized carbons (Fsp3) is 0.500. The standard InChI is InChI=1S/C26H37N3O3/c1-4-27-26(29-19-23-13-16-32-25(23)21-9-6-5-7-10-21)28-18-22-12-11-20(2)17-24(22)31-15-8-14-30-3/h5-7,9-12,17,23,25H,4,8,13-16,18-19H2,1-3H3,(H2,27,28,29). The van der Waals surface area contributed by atoms with E-state index in [4.69, 9.17) is 19.2 Å². The molecule has 2 atom stereocenters. The molecule has 1 aliphatic heterocycles. The number of aliphatic imine (C=N–C) groups is 1. The molecule has 0 radical (unpaired) electrons. The maximum Gasteiger partial charge on any atom is 0.191 e.